The van der Waals surface area contributed by atoms with E-state index in [9.17, 15) is 4.79 Å². The van der Waals surface area contributed by atoms with E-state index in [1.807, 2.05) is 0 Å². The predicted octanol–water partition coefficient (Wildman–Crippen LogP) is 3.63. The molecular weight excluding hydrogens is 296 g/mol. The Morgan fingerprint density at radius 3 is 2.39 bits per heavy atom. The number of hydrogen-bond donors (Lipinski definition) is 1. The van der Waals surface area contributed by atoms with Crippen molar-refractivity contribution in [2.45, 2.75) is 32.6 Å². The van der Waals surface area contributed by atoms with Crippen LogP contribution in [-0.4, -0.2) is 25.3 Å². The van der Waals surface area contributed by atoms with Gasteiger partial charge in [0.2, 0.25) is 5.88 Å². The van der Waals surface area contributed by atoms with Crippen molar-refractivity contribution >= 4 is 11.8 Å². The van der Waals surface area contributed by atoms with Crippen LogP contribution in [0.4, 0.5) is 5.88 Å². The van der Waals surface area contributed by atoms with Crippen LogP contribution in [0.25, 0.3) is 0 Å². The van der Waals surface area contributed by atoms with Gasteiger partial charge < -0.3 is 14.0 Å². The van der Waals surface area contributed by atoms with E-state index >= 15 is 0 Å². The number of carbonyl (C=O) groups is 1. The van der Waals surface area contributed by atoms with Gasteiger partial charge in [0.25, 0.3) is 5.91 Å². The average Bonchev–Trinajstić information content (AvgIpc) is 3.03. The van der Waals surface area contributed by atoms with Crippen LogP contribution >= 0.6 is 0 Å². The fraction of sp³-hybridized carbons (Fsp3) is 0.412. The first kappa shape index (κ1) is 16.9. The highest BCUT2D eigenvalue weighted by atomic mass is 16.5. The van der Waals surface area contributed by atoms with Gasteiger partial charge in [-0.15, -0.1) is 0 Å². The first-order chi connectivity index (χ1) is 10.9. The van der Waals surface area contributed by atoms with Gasteiger partial charge in [-0.2, -0.15) is 0 Å². The molecule has 1 amide bonds. The molecule has 2 rings (SSSR count). The smallest absolute Gasteiger partial charge is 0.265 e. The van der Waals surface area contributed by atoms with Gasteiger partial charge in [-0.05, 0) is 18.6 Å². The molecule has 1 aromatic carbocycles. The molecule has 2 aromatic rings. The number of carbonyl (C=O) groups excluding carboxylic acids is 1. The van der Waals surface area contributed by atoms with Crippen LogP contribution in [0, 0.1) is 0 Å². The largest absolute Gasteiger partial charge is 0.496 e. The van der Waals surface area contributed by atoms with E-state index < -0.39 is 0 Å². The van der Waals surface area contributed by atoms with Crippen LogP contribution < -0.4 is 14.8 Å². The predicted molar refractivity (Wildman–Crippen MR) is 87.3 cm³/mol. The number of nitrogens with one attached hydrogen (secondary N) is 1. The van der Waals surface area contributed by atoms with E-state index in [1.54, 1.807) is 24.3 Å². The minimum absolute atomic E-state index is 0.116. The lowest BCUT2D eigenvalue weighted by Gasteiger charge is -2.18. The molecule has 124 valence electrons. The van der Waals surface area contributed by atoms with E-state index in [0.717, 1.165) is 12.1 Å². The number of rotatable bonds is 6. The van der Waals surface area contributed by atoms with Crippen molar-refractivity contribution in [3.63, 3.8) is 0 Å². The molecule has 0 saturated carbocycles. The van der Waals surface area contributed by atoms with Gasteiger partial charge in [-0.3, -0.25) is 10.1 Å². The molecule has 0 radical (unpaired) electrons. The van der Waals surface area contributed by atoms with Crippen LogP contribution in [0.1, 0.15) is 43.2 Å². The Balaban J connectivity index is 2.27. The molecule has 23 heavy (non-hydrogen) atoms. The SMILES string of the molecule is CCC(C)(C)c1cc(NC(=O)c2c(OC)cccc2OC)on1. The number of ether oxygens (including phenoxy) is 2. The molecule has 1 aromatic heterocycles. The molecule has 0 saturated heterocycles. The summed E-state index contributed by atoms with van der Waals surface area (Å²) in [5.41, 5.74) is 0.988. The third-order valence-corrected chi connectivity index (χ3v) is 3.98. The lowest BCUT2D eigenvalue weighted by molar-refractivity contribution is 0.101. The van der Waals surface area contributed by atoms with Crippen LogP contribution in [0.15, 0.2) is 28.8 Å². The standard InChI is InChI=1S/C17H22N2O4/c1-6-17(2,3)13-10-14(23-19-13)18-16(20)15-11(21-4)8-7-9-12(15)22-5/h7-10H,6H2,1-5H3,(H,18,20). The second kappa shape index (κ2) is 6.73. The monoisotopic (exact) mass is 318 g/mol. The summed E-state index contributed by atoms with van der Waals surface area (Å²) < 4.78 is 15.7. The molecule has 0 atom stereocenters. The fourth-order valence-electron chi connectivity index (χ4n) is 2.08. The van der Waals surface area contributed by atoms with Gasteiger partial charge in [-0.1, -0.05) is 32.0 Å². The zero-order chi connectivity index (χ0) is 17.0. The van der Waals surface area contributed by atoms with Gasteiger partial charge in [-0.25, -0.2) is 0 Å². The highest BCUT2D eigenvalue weighted by Gasteiger charge is 2.24. The zero-order valence-electron chi connectivity index (χ0n) is 14.1. The second-order valence-corrected chi connectivity index (χ2v) is 5.81. The summed E-state index contributed by atoms with van der Waals surface area (Å²) in [6, 6.07) is 6.89. The molecule has 0 unspecified atom stereocenters. The first-order valence-electron chi connectivity index (χ1n) is 7.42. The topological polar surface area (TPSA) is 73.6 Å². The van der Waals surface area contributed by atoms with E-state index in [1.165, 1.54) is 14.2 Å². The highest BCUT2D eigenvalue weighted by Crippen LogP contribution is 2.31. The Hall–Kier alpha value is -2.50. The maximum absolute atomic E-state index is 12.5. The van der Waals surface area contributed by atoms with Crippen LogP contribution in [0.2, 0.25) is 0 Å². The molecule has 0 spiro atoms. The minimum Gasteiger partial charge on any atom is -0.496 e. The Morgan fingerprint density at radius 2 is 1.87 bits per heavy atom. The van der Waals surface area contributed by atoms with Crippen molar-refractivity contribution in [3.8, 4) is 11.5 Å². The summed E-state index contributed by atoms with van der Waals surface area (Å²) in [6.45, 7) is 6.21. The number of methoxy groups -OCH3 is 2. The summed E-state index contributed by atoms with van der Waals surface area (Å²) in [5.74, 6) is 0.766. The van der Waals surface area contributed by atoms with E-state index in [-0.39, 0.29) is 11.3 Å². The van der Waals surface area contributed by atoms with Crippen LogP contribution in [0.3, 0.4) is 0 Å². The summed E-state index contributed by atoms with van der Waals surface area (Å²) in [4.78, 5) is 12.5. The number of anilines is 1. The van der Waals surface area contributed by atoms with Gasteiger partial charge >= 0.3 is 0 Å². The second-order valence-electron chi connectivity index (χ2n) is 5.81. The van der Waals surface area contributed by atoms with Crippen LogP contribution in [0.5, 0.6) is 11.5 Å². The fourth-order valence-corrected chi connectivity index (χ4v) is 2.08. The maximum Gasteiger partial charge on any atom is 0.265 e. The third kappa shape index (κ3) is 3.47. The van der Waals surface area contributed by atoms with Crippen molar-refractivity contribution in [2.24, 2.45) is 0 Å². The number of nitrogens with zero attached hydrogens (tertiary/aromatic N) is 1. The molecule has 6 heteroatoms. The Bertz CT molecular complexity index is 669. The van der Waals surface area contributed by atoms with Gasteiger partial charge in [0, 0.05) is 11.5 Å². The van der Waals surface area contributed by atoms with Crippen molar-refractivity contribution in [1.29, 1.82) is 0 Å². The Morgan fingerprint density at radius 1 is 1.26 bits per heavy atom. The van der Waals surface area contributed by atoms with Gasteiger partial charge in [0.1, 0.15) is 17.1 Å². The Kier molecular flexibility index (Phi) is 4.93. The lowest BCUT2D eigenvalue weighted by Crippen LogP contribution is -2.16. The molecule has 0 aliphatic rings. The van der Waals surface area contributed by atoms with Crippen molar-refractivity contribution in [1.82, 2.24) is 5.16 Å². The van der Waals surface area contributed by atoms with Crippen molar-refractivity contribution in [3.05, 3.63) is 35.5 Å². The van der Waals surface area contributed by atoms with Crippen molar-refractivity contribution < 1.29 is 18.8 Å². The van der Waals surface area contributed by atoms with Gasteiger partial charge in [0.15, 0.2) is 0 Å². The van der Waals surface area contributed by atoms with E-state index in [0.29, 0.717) is 22.9 Å². The summed E-state index contributed by atoms with van der Waals surface area (Å²) >= 11 is 0. The maximum atomic E-state index is 12.5. The van der Waals surface area contributed by atoms with Crippen molar-refractivity contribution in [2.75, 3.05) is 19.5 Å². The molecule has 0 aliphatic heterocycles. The highest BCUT2D eigenvalue weighted by molar-refractivity contribution is 6.07. The molecule has 1 N–H and O–H groups in total. The van der Waals surface area contributed by atoms with Gasteiger partial charge in [0.05, 0.1) is 19.9 Å². The molecule has 1 heterocycles. The average molecular weight is 318 g/mol. The van der Waals surface area contributed by atoms with Crippen LogP contribution in [-0.2, 0) is 5.41 Å². The lowest BCUT2D eigenvalue weighted by atomic mass is 9.87. The first-order valence-corrected chi connectivity index (χ1v) is 7.42. The zero-order valence-corrected chi connectivity index (χ0v) is 14.1. The number of benzene rings is 1. The molecule has 0 fully saturated rings. The summed E-state index contributed by atoms with van der Waals surface area (Å²) in [5, 5.41) is 6.73. The number of aromatic nitrogens is 1. The molecule has 0 aliphatic carbocycles. The Labute approximate surface area is 135 Å². The minimum atomic E-state index is -0.378. The number of amides is 1. The third-order valence-electron chi connectivity index (χ3n) is 3.98. The molecule has 6 nitrogen and oxygen atoms in total. The quantitative estimate of drug-likeness (QED) is 0.880. The number of hydrogen-bond acceptors (Lipinski definition) is 5. The normalized spacial score (nSPS) is 11.2. The summed E-state index contributed by atoms with van der Waals surface area (Å²) in [6.07, 6.45) is 0.910. The van der Waals surface area contributed by atoms with E-state index in [4.69, 9.17) is 14.0 Å². The van der Waals surface area contributed by atoms with E-state index in [2.05, 4.69) is 31.2 Å². The molecular formula is C17H22N2O4. The molecule has 0 bridgehead atoms. The summed E-state index contributed by atoms with van der Waals surface area (Å²) in [7, 11) is 3.00.